The molecule has 0 aliphatic rings. The highest BCUT2D eigenvalue weighted by atomic mass is 16.4. The van der Waals surface area contributed by atoms with Crippen molar-refractivity contribution in [3.63, 3.8) is 0 Å². The Hall–Kier alpha value is -4.45. The second kappa shape index (κ2) is 10.2. The highest BCUT2D eigenvalue weighted by Crippen LogP contribution is 2.40. The van der Waals surface area contributed by atoms with Crippen LogP contribution in [0.1, 0.15) is 29.3 Å². The predicted octanol–water partition coefficient (Wildman–Crippen LogP) is 4.41. The van der Waals surface area contributed by atoms with Crippen molar-refractivity contribution in [2.24, 2.45) is 0 Å². The Morgan fingerprint density at radius 2 is 1.37 bits per heavy atom. The third-order valence-electron chi connectivity index (χ3n) is 6.00. The number of hydrogen-bond donors (Lipinski definition) is 2. The van der Waals surface area contributed by atoms with Crippen LogP contribution in [0.15, 0.2) is 116 Å². The molecule has 1 atom stereocenters. The molecule has 6 nitrogen and oxygen atoms in total. The third kappa shape index (κ3) is 4.77. The van der Waals surface area contributed by atoms with Crippen molar-refractivity contribution in [3.8, 4) is 0 Å². The highest BCUT2D eigenvalue weighted by Gasteiger charge is 2.38. The molecule has 1 aromatic heterocycles. The quantitative estimate of drug-likeness (QED) is 0.283. The topological polar surface area (TPSA) is 84.2 Å². The van der Waals surface area contributed by atoms with Crippen molar-refractivity contribution < 1.29 is 14.7 Å². The zero-order valence-corrected chi connectivity index (χ0v) is 19.5. The Morgan fingerprint density at radius 3 is 1.77 bits per heavy atom. The Morgan fingerprint density at radius 1 is 0.914 bits per heavy atom. The number of aliphatic carboxylic acids is 1. The van der Waals surface area contributed by atoms with Gasteiger partial charge in [-0.15, -0.1) is 0 Å². The van der Waals surface area contributed by atoms with Crippen LogP contribution in [-0.4, -0.2) is 32.6 Å². The lowest BCUT2D eigenvalue weighted by atomic mass is 9.77. The second-order valence-electron chi connectivity index (χ2n) is 8.43. The summed E-state index contributed by atoms with van der Waals surface area (Å²) in [7, 11) is 0. The average Bonchev–Trinajstić information content (AvgIpc) is 3.34. The molecule has 0 bridgehead atoms. The van der Waals surface area contributed by atoms with Crippen LogP contribution in [0.3, 0.4) is 0 Å². The largest absolute Gasteiger partial charge is 0.480 e. The van der Waals surface area contributed by atoms with Gasteiger partial charge in [0.05, 0.1) is 12.0 Å². The molecule has 0 radical (unpaired) electrons. The molecule has 0 spiro atoms. The number of benzene rings is 3. The van der Waals surface area contributed by atoms with E-state index in [1.807, 2.05) is 65.4 Å². The maximum atomic E-state index is 12.1. The Kier molecular flexibility index (Phi) is 6.92. The van der Waals surface area contributed by atoms with Crippen LogP contribution >= 0.6 is 0 Å². The second-order valence-corrected chi connectivity index (χ2v) is 8.43. The van der Waals surface area contributed by atoms with E-state index in [9.17, 15) is 14.7 Å². The number of carbonyl (C=O) groups is 2. The van der Waals surface area contributed by atoms with E-state index in [0.29, 0.717) is 5.69 Å². The van der Waals surface area contributed by atoms with E-state index in [1.54, 1.807) is 6.33 Å². The maximum Gasteiger partial charge on any atom is 0.326 e. The van der Waals surface area contributed by atoms with Crippen molar-refractivity contribution >= 4 is 11.9 Å². The van der Waals surface area contributed by atoms with E-state index in [1.165, 1.54) is 6.92 Å². The molecule has 3 aromatic carbocycles. The summed E-state index contributed by atoms with van der Waals surface area (Å²) in [6.07, 6.45) is 3.62. The molecule has 4 rings (SSSR count). The minimum Gasteiger partial charge on any atom is -0.480 e. The number of amides is 1. The van der Waals surface area contributed by atoms with Gasteiger partial charge in [0.1, 0.15) is 11.6 Å². The first kappa shape index (κ1) is 23.7. The summed E-state index contributed by atoms with van der Waals surface area (Å²) >= 11 is 0. The van der Waals surface area contributed by atoms with Gasteiger partial charge >= 0.3 is 5.97 Å². The molecular weight excluding hydrogens is 438 g/mol. The van der Waals surface area contributed by atoms with Crippen LogP contribution in [-0.2, 0) is 21.5 Å². The van der Waals surface area contributed by atoms with E-state index < -0.39 is 23.5 Å². The number of nitrogens with zero attached hydrogens (tertiary/aromatic N) is 2. The zero-order chi connectivity index (χ0) is 24.8. The summed E-state index contributed by atoms with van der Waals surface area (Å²) in [6.45, 7) is 5.13. The van der Waals surface area contributed by atoms with Gasteiger partial charge in [0.2, 0.25) is 5.91 Å². The smallest absolute Gasteiger partial charge is 0.326 e. The predicted molar refractivity (Wildman–Crippen MR) is 135 cm³/mol. The normalized spacial score (nSPS) is 12.0. The van der Waals surface area contributed by atoms with E-state index in [2.05, 4.69) is 53.3 Å². The first-order chi connectivity index (χ1) is 16.9. The fourth-order valence-electron chi connectivity index (χ4n) is 4.33. The average molecular weight is 466 g/mol. The molecule has 2 N–H and O–H groups in total. The summed E-state index contributed by atoms with van der Waals surface area (Å²) < 4.78 is 2.02. The number of carbonyl (C=O) groups excluding carboxylic acids is 1. The first-order valence-corrected chi connectivity index (χ1v) is 11.3. The van der Waals surface area contributed by atoms with Crippen LogP contribution < -0.4 is 5.32 Å². The number of nitrogens with one attached hydrogen (secondary N) is 1. The summed E-state index contributed by atoms with van der Waals surface area (Å²) in [6, 6.07) is 29.3. The van der Waals surface area contributed by atoms with Gasteiger partial charge in [0, 0.05) is 18.2 Å². The van der Waals surface area contributed by atoms with Gasteiger partial charge in [-0.2, -0.15) is 0 Å². The number of imidazole rings is 1. The van der Waals surface area contributed by atoms with Crippen molar-refractivity contribution in [1.29, 1.82) is 0 Å². The lowest BCUT2D eigenvalue weighted by Crippen LogP contribution is -2.42. The van der Waals surface area contributed by atoms with Crippen LogP contribution in [0.2, 0.25) is 0 Å². The summed E-state index contributed by atoms with van der Waals surface area (Å²) in [5, 5.41) is 12.2. The van der Waals surface area contributed by atoms with E-state index >= 15 is 0 Å². The molecule has 0 aliphatic carbocycles. The molecule has 35 heavy (non-hydrogen) atoms. The molecule has 0 aliphatic heterocycles. The van der Waals surface area contributed by atoms with Crippen molar-refractivity contribution in [1.82, 2.24) is 14.9 Å². The number of hydrogen-bond acceptors (Lipinski definition) is 3. The Balaban J connectivity index is 1.85. The fraction of sp³-hybridized carbons (Fsp3) is 0.138. The van der Waals surface area contributed by atoms with E-state index in [-0.39, 0.29) is 12.0 Å². The number of carboxylic acids is 1. The van der Waals surface area contributed by atoms with Crippen LogP contribution in [0.25, 0.3) is 0 Å². The Bertz CT molecular complexity index is 1220. The lowest BCUT2D eigenvalue weighted by molar-refractivity contribution is -0.141. The van der Waals surface area contributed by atoms with Gasteiger partial charge in [-0.05, 0) is 23.6 Å². The molecule has 176 valence electrons. The van der Waals surface area contributed by atoms with Gasteiger partial charge in [-0.1, -0.05) is 97.6 Å². The maximum absolute atomic E-state index is 12.1. The summed E-state index contributed by atoms with van der Waals surface area (Å²) in [5.41, 5.74) is 3.16. The monoisotopic (exact) mass is 465 g/mol. The number of rotatable bonds is 9. The van der Waals surface area contributed by atoms with Gasteiger partial charge in [0.25, 0.3) is 0 Å². The number of aromatic nitrogens is 2. The summed E-state index contributed by atoms with van der Waals surface area (Å²) in [5.74, 6) is -1.63. The van der Waals surface area contributed by atoms with Crippen LogP contribution in [0, 0.1) is 0 Å². The minimum atomic E-state index is -1.13. The molecule has 0 fully saturated rings. The van der Waals surface area contributed by atoms with Crippen LogP contribution in [0.5, 0.6) is 0 Å². The van der Waals surface area contributed by atoms with Gasteiger partial charge in [0.15, 0.2) is 0 Å². The number of carboxylic acid groups (broad SMARTS) is 1. The first-order valence-electron chi connectivity index (χ1n) is 11.3. The van der Waals surface area contributed by atoms with Crippen molar-refractivity contribution in [2.75, 3.05) is 0 Å². The van der Waals surface area contributed by atoms with E-state index in [4.69, 9.17) is 0 Å². The van der Waals surface area contributed by atoms with Gasteiger partial charge < -0.3 is 15.0 Å². The van der Waals surface area contributed by atoms with Crippen molar-refractivity contribution in [3.05, 3.63) is 138 Å². The molecule has 0 saturated carbocycles. The molecule has 6 heteroatoms. The zero-order valence-electron chi connectivity index (χ0n) is 19.5. The third-order valence-corrected chi connectivity index (χ3v) is 6.00. The van der Waals surface area contributed by atoms with E-state index in [0.717, 1.165) is 16.7 Å². The summed E-state index contributed by atoms with van der Waals surface area (Å²) in [4.78, 5) is 28.5. The molecule has 0 saturated heterocycles. The molecule has 1 heterocycles. The van der Waals surface area contributed by atoms with Crippen LogP contribution in [0.4, 0.5) is 0 Å². The standard InChI is InChI=1S/C29H27N3O3/c1-21(2)27(33)31-26(28(34)35)18-25-19-32(20-30-25)29(22-12-6-3-7-13-22,23-14-8-4-9-15-23)24-16-10-5-11-17-24/h3-17,19-20,26H,1,18H2,2H3,(H,31,33)(H,34,35). The molecular formula is C29H27N3O3. The highest BCUT2D eigenvalue weighted by molar-refractivity contribution is 5.94. The molecule has 1 unspecified atom stereocenters. The van der Waals surface area contributed by atoms with Gasteiger partial charge in [-0.3, -0.25) is 4.79 Å². The minimum absolute atomic E-state index is 0.0375. The Labute approximate surface area is 204 Å². The molecule has 1 amide bonds. The molecule has 4 aromatic rings. The lowest BCUT2D eigenvalue weighted by Gasteiger charge is -2.37. The van der Waals surface area contributed by atoms with Gasteiger partial charge in [-0.25, -0.2) is 9.78 Å². The fourth-order valence-corrected chi connectivity index (χ4v) is 4.33. The SMILES string of the molecule is C=C(C)C(=O)NC(Cc1cn(C(c2ccccc2)(c2ccccc2)c2ccccc2)cn1)C(=O)O. The van der Waals surface area contributed by atoms with Crippen molar-refractivity contribution in [2.45, 2.75) is 24.9 Å².